The Morgan fingerprint density at radius 1 is 1.44 bits per heavy atom. The molecule has 102 valence electrons. The van der Waals surface area contributed by atoms with Crippen LogP contribution in [0.2, 0.25) is 0 Å². The predicted octanol–water partition coefficient (Wildman–Crippen LogP) is 3.52. The van der Waals surface area contributed by atoms with Crippen LogP contribution >= 0.6 is 11.3 Å². The zero-order valence-corrected chi connectivity index (χ0v) is 13.1. The van der Waals surface area contributed by atoms with Gasteiger partial charge in [-0.05, 0) is 41.7 Å². The van der Waals surface area contributed by atoms with Crippen molar-refractivity contribution in [1.82, 2.24) is 10.2 Å². The molecule has 0 aromatic carbocycles. The Balaban J connectivity index is 2.10. The molecule has 1 aromatic heterocycles. The average molecular weight is 266 g/mol. The Morgan fingerprint density at radius 2 is 2.17 bits per heavy atom. The van der Waals surface area contributed by atoms with Gasteiger partial charge in [-0.1, -0.05) is 20.8 Å². The molecular formula is C15H26N2S. The fourth-order valence-corrected chi connectivity index (χ4v) is 3.46. The Hall–Kier alpha value is -0.380. The molecule has 2 rings (SSSR count). The normalized spacial score (nSPS) is 28.3. The van der Waals surface area contributed by atoms with E-state index in [-0.39, 0.29) is 0 Å². The molecule has 0 amide bonds. The largest absolute Gasteiger partial charge is 0.311 e. The molecule has 3 atom stereocenters. The van der Waals surface area contributed by atoms with Gasteiger partial charge < -0.3 is 5.32 Å². The number of nitrogens with one attached hydrogen (secondary N) is 1. The maximum Gasteiger partial charge on any atom is 0.0332 e. The second kappa shape index (κ2) is 5.32. The predicted molar refractivity (Wildman–Crippen MR) is 80.1 cm³/mol. The topological polar surface area (TPSA) is 15.3 Å². The third-order valence-electron chi connectivity index (χ3n) is 4.19. The quantitative estimate of drug-likeness (QED) is 0.881. The van der Waals surface area contributed by atoms with Crippen molar-refractivity contribution in [2.24, 2.45) is 5.41 Å². The van der Waals surface area contributed by atoms with Crippen molar-refractivity contribution < 1.29 is 0 Å². The molecule has 18 heavy (non-hydrogen) atoms. The molecule has 3 heteroatoms. The minimum Gasteiger partial charge on any atom is -0.311 e. The van der Waals surface area contributed by atoms with Crippen LogP contribution in [-0.2, 0) is 0 Å². The summed E-state index contributed by atoms with van der Waals surface area (Å²) in [5.41, 5.74) is 1.79. The van der Waals surface area contributed by atoms with Crippen LogP contribution in [-0.4, -0.2) is 30.1 Å². The van der Waals surface area contributed by atoms with E-state index in [1.54, 1.807) is 11.3 Å². The number of rotatable bonds is 2. The maximum atomic E-state index is 3.70. The van der Waals surface area contributed by atoms with E-state index in [1.807, 2.05) is 0 Å². The van der Waals surface area contributed by atoms with E-state index in [4.69, 9.17) is 0 Å². The van der Waals surface area contributed by atoms with Gasteiger partial charge in [0.25, 0.3) is 0 Å². The second-order valence-electron chi connectivity index (χ2n) is 6.61. The van der Waals surface area contributed by atoms with Gasteiger partial charge in [-0.2, -0.15) is 11.3 Å². The van der Waals surface area contributed by atoms with Crippen LogP contribution in [0, 0.1) is 5.41 Å². The van der Waals surface area contributed by atoms with Crippen molar-refractivity contribution in [3.8, 4) is 0 Å². The number of hydrogen-bond donors (Lipinski definition) is 1. The van der Waals surface area contributed by atoms with Crippen molar-refractivity contribution >= 4 is 11.3 Å². The highest BCUT2D eigenvalue weighted by Crippen LogP contribution is 2.30. The molecule has 2 nitrogen and oxygen atoms in total. The van der Waals surface area contributed by atoms with Gasteiger partial charge in [-0.25, -0.2) is 0 Å². The molecule has 3 unspecified atom stereocenters. The van der Waals surface area contributed by atoms with Gasteiger partial charge in [0, 0.05) is 31.2 Å². The summed E-state index contributed by atoms with van der Waals surface area (Å²) >= 11 is 1.80. The van der Waals surface area contributed by atoms with Gasteiger partial charge in [-0.15, -0.1) is 0 Å². The molecule has 0 aliphatic carbocycles. The summed E-state index contributed by atoms with van der Waals surface area (Å²) < 4.78 is 0. The standard InChI is InChI=1S/C15H26N2S/c1-11-8-16-14(15(3,4)5)9-17(11)12(2)13-6-7-18-10-13/h6-7,10-12,14,16H,8-9H2,1-5H3. The molecule has 1 aliphatic rings. The Labute approximate surface area is 115 Å². The number of thiophene rings is 1. The minimum absolute atomic E-state index is 0.326. The average Bonchev–Trinajstić information content (AvgIpc) is 2.80. The van der Waals surface area contributed by atoms with Crippen LogP contribution in [0.4, 0.5) is 0 Å². The number of nitrogens with zero attached hydrogens (tertiary/aromatic N) is 1. The van der Waals surface area contributed by atoms with Crippen LogP contribution in [0.1, 0.15) is 46.2 Å². The smallest absolute Gasteiger partial charge is 0.0332 e. The summed E-state index contributed by atoms with van der Waals surface area (Å²) in [6.07, 6.45) is 0. The molecule has 1 saturated heterocycles. The Bertz CT molecular complexity index is 366. The van der Waals surface area contributed by atoms with E-state index < -0.39 is 0 Å². The summed E-state index contributed by atoms with van der Waals surface area (Å²) in [5, 5.41) is 8.16. The highest BCUT2D eigenvalue weighted by atomic mass is 32.1. The third kappa shape index (κ3) is 2.95. The monoisotopic (exact) mass is 266 g/mol. The van der Waals surface area contributed by atoms with Crippen molar-refractivity contribution in [1.29, 1.82) is 0 Å². The molecule has 1 fully saturated rings. The molecule has 0 saturated carbocycles. The first-order chi connectivity index (χ1) is 8.39. The second-order valence-corrected chi connectivity index (χ2v) is 7.39. The SMILES string of the molecule is CC1CNC(C(C)(C)C)CN1C(C)c1ccsc1. The van der Waals surface area contributed by atoms with Gasteiger partial charge in [0.2, 0.25) is 0 Å². The van der Waals surface area contributed by atoms with E-state index >= 15 is 0 Å². The zero-order chi connectivity index (χ0) is 13.3. The van der Waals surface area contributed by atoms with Crippen molar-refractivity contribution in [3.05, 3.63) is 22.4 Å². The molecule has 2 heterocycles. The lowest BCUT2D eigenvalue weighted by Crippen LogP contribution is -2.59. The van der Waals surface area contributed by atoms with Crippen LogP contribution in [0.3, 0.4) is 0 Å². The lowest BCUT2D eigenvalue weighted by molar-refractivity contribution is 0.0630. The molecule has 0 radical (unpaired) electrons. The number of piperazine rings is 1. The third-order valence-corrected chi connectivity index (χ3v) is 4.89. The van der Waals surface area contributed by atoms with Crippen LogP contribution in [0.25, 0.3) is 0 Å². The summed E-state index contributed by atoms with van der Waals surface area (Å²) in [6.45, 7) is 13.9. The van der Waals surface area contributed by atoms with Crippen molar-refractivity contribution in [2.75, 3.05) is 13.1 Å². The van der Waals surface area contributed by atoms with Gasteiger partial charge in [0.1, 0.15) is 0 Å². The summed E-state index contributed by atoms with van der Waals surface area (Å²) in [4.78, 5) is 2.65. The molecular weight excluding hydrogens is 240 g/mol. The summed E-state index contributed by atoms with van der Waals surface area (Å²) in [7, 11) is 0. The van der Waals surface area contributed by atoms with E-state index in [1.165, 1.54) is 5.56 Å². The Morgan fingerprint density at radius 3 is 2.72 bits per heavy atom. The van der Waals surface area contributed by atoms with Gasteiger partial charge >= 0.3 is 0 Å². The maximum absolute atomic E-state index is 3.70. The minimum atomic E-state index is 0.326. The lowest BCUT2D eigenvalue weighted by atomic mass is 9.84. The zero-order valence-electron chi connectivity index (χ0n) is 12.2. The molecule has 1 aliphatic heterocycles. The Kier molecular flexibility index (Phi) is 4.15. The molecule has 0 bridgehead atoms. The van der Waals surface area contributed by atoms with Crippen LogP contribution in [0.5, 0.6) is 0 Å². The molecule has 1 N–H and O–H groups in total. The fourth-order valence-electron chi connectivity index (χ4n) is 2.71. The lowest BCUT2D eigenvalue weighted by Gasteiger charge is -2.46. The van der Waals surface area contributed by atoms with E-state index in [0.717, 1.165) is 13.1 Å². The van der Waals surface area contributed by atoms with E-state index in [0.29, 0.717) is 23.5 Å². The van der Waals surface area contributed by atoms with Gasteiger partial charge in [0.05, 0.1) is 0 Å². The summed E-state index contributed by atoms with van der Waals surface area (Å²) in [5.74, 6) is 0. The highest BCUT2D eigenvalue weighted by molar-refractivity contribution is 7.07. The first-order valence-corrected chi connectivity index (χ1v) is 7.85. The number of hydrogen-bond acceptors (Lipinski definition) is 3. The van der Waals surface area contributed by atoms with E-state index in [9.17, 15) is 0 Å². The summed E-state index contributed by atoms with van der Waals surface area (Å²) in [6, 6.07) is 3.97. The molecule has 0 spiro atoms. The van der Waals surface area contributed by atoms with Gasteiger partial charge in [-0.3, -0.25) is 4.90 Å². The highest BCUT2D eigenvalue weighted by Gasteiger charge is 2.34. The first-order valence-electron chi connectivity index (χ1n) is 6.91. The van der Waals surface area contributed by atoms with Crippen molar-refractivity contribution in [2.45, 2.75) is 52.7 Å². The first kappa shape index (κ1) is 14.0. The fraction of sp³-hybridized carbons (Fsp3) is 0.733. The molecule has 1 aromatic rings. The van der Waals surface area contributed by atoms with Gasteiger partial charge in [0.15, 0.2) is 0 Å². The van der Waals surface area contributed by atoms with E-state index in [2.05, 4.69) is 61.7 Å². The van der Waals surface area contributed by atoms with Crippen molar-refractivity contribution in [3.63, 3.8) is 0 Å². The van der Waals surface area contributed by atoms with Crippen LogP contribution < -0.4 is 5.32 Å². The van der Waals surface area contributed by atoms with Crippen LogP contribution in [0.15, 0.2) is 16.8 Å².